The number of nitrogens with one attached hydrogen (secondary N) is 1. The van der Waals surface area contributed by atoms with Gasteiger partial charge in [0, 0.05) is 37.7 Å². The Morgan fingerprint density at radius 1 is 1.41 bits per heavy atom. The van der Waals surface area contributed by atoms with Gasteiger partial charge in [-0.25, -0.2) is 4.98 Å². The van der Waals surface area contributed by atoms with Gasteiger partial charge in [0.2, 0.25) is 0 Å². The highest BCUT2D eigenvalue weighted by atomic mass is 15.1. The van der Waals surface area contributed by atoms with Crippen molar-refractivity contribution >= 4 is 0 Å². The zero-order valence-corrected chi connectivity index (χ0v) is 10.3. The van der Waals surface area contributed by atoms with Gasteiger partial charge in [-0.1, -0.05) is 6.07 Å². The lowest BCUT2D eigenvalue weighted by molar-refractivity contribution is 0.472. The largest absolute Gasteiger partial charge is 0.336 e. The number of hydrogen-bond acceptors (Lipinski definition) is 3. The average molecular weight is 230 g/mol. The van der Waals surface area contributed by atoms with Gasteiger partial charge in [0.25, 0.3) is 0 Å². The van der Waals surface area contributed by atoms with Crippen LogP contribution in [0.5, 0.6) is 0 Å². The van der Waals surface area contributed by atoms with E-state index >= 15 is 0 Å². The van der Waals surface area contributed by atoms with Crippen LogP contribution in [0.1, 0.15) is 18.2 Å². The minimum Gasteiger partial charge on any atom is -0.336 e. The third kappa shape index (κ3) is 3.39. The molecule has 0 aliphatic rings. The Morgan fingerprint density at radius 3 is 3.00 bits per heavy atom. The van der Waals surface area contributed by atoms with Crippen molar-refractivity contribution in [3.63, 3.8) is 0 Å². The molecule has 0 saturated heterocycles. The smallest absolute Gasteiger partial charge is 0.0946 e. The summed E-state index contributed by atoms with van der Waals surface area (Å²) in [6, 6.07) is 4.45. The Hall–Kier alpha value is -1.68. The van der Waals surface area contributed by atoms with E-state index in [1.165, 1.54) is 5.56 Å². The molecule has 2 heterocycles. The Morgan fingerprint density at radius 2 is 2.29 bits per heavy atom. The number of hydrogen-bond donors (Lipinski definition) is 1. The predicted molar refractivity (Wildman–Crippen MR) is 67.5 cm³/mol. The van der Waals surface area contributed by atoms with Gasteiger partial charge in [0.05, 0.1) is 12.0 Å². The average Bonchev–Trinajstić information content (AvgIpc) is 2.81. The van der Waals surface area contributed by atoms with Crippen molar-refractivity contribution in [2.75, 3.05) is 0 Å². The monoisotopic (exact) mass is 230 g/mol. The fourth-order valence-electron chi connectivity index (χ4n) is 1.75. The van der Waals surface area contributed by atoms with Gasteiger partial charge in [-0.05, 0) is 25.5 Å². The third-order valence-electron chi connectivity index (χ3n) is 2.78. The maximum atomic E-state index is 4.37. The molecule has 1 atom stereocenters. The number of aromatic nitrogens is 3. The van der Waals surface area contributed by atoms with E-state index in [0.29, 0.717) is 6.04 Å². The molecule has 4 nitrogen and oxygen atoms in total. The van der Waals surface area contributed by atoms with Gasteiger partial charge < -0.3 is 9.88 Å². The molecule has 2 aromatic heterocycles. The summed E-state index contributed by atoms with van der Waals surface area (Å²) in [5.74, 6) is 0. The van der Waals surface area contributed by atoms with Crippen molar-refractivity contribution in [2.45, 2.75) is 33.0 Å². The summed E-state index contributed by atoms with van der Waals surface area (Å²) < 4.78 is 2.07. The summed E-state index contributed by atoms with van der Waals surface area (Å²) in [6.45, 7) is 5.98. The third-order valence-corrected chi connectivity index (χ3v) is 2.78. The molecule has 0 aliphatic heterocycles. The Labute approximate surface area is 102 Å². The van der Waals surface area contributed by atoms with Crippen molar-refractivity contribution < 1.29 is 0 Å². The fourth-order valence-corrected chi connectivity index (χ4v) is 1.75. The summed E-state index contributed by atoms with van der Waals surface area (Å²) in [4.78, 5) is 8.40. The van der Waals surface area contributed by atoms with Crippen LogP contribution in [0.4, 0.5) is 0 Å². The molecule has 4 heteroatoms. The lowest BCUT2D eigenvalue weighted by Gasteiger charge is -2.14. The first-order chi connectivity index (χ1) is 8.25. The topological polar surface area (TPSA) is 42.7 Å². The van der Waals surface area contributed by atoms with Crippen LogP contribution in [-0.4, -0.2) is 20.6 Å². The van der Waals surface area contributed by atoms with E-state index < -0.39 is 0 Å². The minimum absolute atomic E-state index is 0.394. The van der Waals surface area contributed by atoms with E-state index in [1.807, 2.05) is 24.8 Å². The highest BCUT2D eigenvalue weighted by molar-refractivity contribution is 5.17. The minimum atomic E-state index is 0.394. The second kappa shape index (κ2) is 5.59. The molecule has 1 unspecified atom stereocenters. The van der Waals surface area contributed by atoms with Crippen LogP contribution in [0.25, 0.3) is 0 Å². The summed E-state index contributed by atoms with van der Waals surface area (Å²) in [5, 5.41) is 3.47. The molecule has 0 aliphatic carbocycles. The van der Waals surface area contributed by atoms with Crippen LogP contribution in [0.2, 0.25) is 0 Å². The van der Waals surface area contributed by atoms with Crippen LogP contribution < -0.4 is 5.32 Å². The summed E-state index contributed by atoms with van der Waals surface area (Å²) in [6.07, 6.45) is 7.45. The first kappa shape index (κ1) is 11.8. The highest BCUT2D eigenvalue weighted by Gasteiger charge is 2.04. The van der Waals surface area contributed by atoms with Gasteiger partial charge in [0.15, 0.2) is 0 Å². The van der Waals surface area contributed by atoms with Crippen LogP contribution in [-0.2, 0) is 13.1 Å². The fraction of sp³-hybridized carbons (Fsp3) is 0.385. The Balaban J connectivity index is 1.84. The molecule has 90 valence electrons. The van der Waals surface area contributed by atoms with Crippen LogP contribution in [0.3, 0.4) is 0 Å². The molecule has 0 amide bonds. The molecule has 2 rings (SSSR count). The molecule has 0 spiro atoms. The van der Waals surface area contributed by atoms with Gasteiger partial charge in [-0.3, -0.25) is 4.98 Å². The second-order valence-electron chi connectivity index (χ2n) is 4.31. The number of nitrogens with zero attached hydrogens (tertiary/aromatic N) is 3. The standard InChI is InChI=1S/C13H18N4/c1-11-4-3-5-15-13(11)8-16-12(2)9-17-7-6-14-10-17/h3-7,10,12,16H,8-9H2,1-2H3. The highest BCUT2D eigenvalue weighted by Crippen LogP contribution is 2.03. The first-order valence-electron chi connectivity index (χ1n) is 5.85. The maximum absolute atomic E-state index is 4.37. The van der Waals surface area contributed by atoms with Crippen molar-refractivity contribution in [1.29, 1.82) is 0 Å². The zero-order valence-electron chi connectivity index (χ0n) is 10.3. The van der Waals surface area contributed by atoms with Gasteiger partial charge in [-0.15, -0.1) is 0 Å². The van der Waals surface area contributed by atoms with Crippen molar-refractivity contribution in [2.24, 2.45) is 0 Å². The molecule has 0 saturated carbocycles. The van der Waals surface area contributed by atoms with E-state index in [-0.39, 0.29) is 0 Å². The normalized spacial score (nSPS) is 12.6. The van der Waals surface area contributed by atoms with E-state index in [0.717, 1.165) is 18.8 Å². The summed E-state index contributed by atoms with van der Waals surface area (Å²) in [7, 11) is 0. The van der Waals surface area contributed by atoms with Crippen LogP contribution in [0, 0.1) is 6.92 Å². The molecule has 0 aromatic carbocycles. The molecular weight excluding hydrogens is 212 g/mol. The molecule has 1 N–H and O–H groups in total. The van der Waals surface area contributed by atoms with E-state index in [1.54, 1.807) is 6.20 Å². The zero-order chi connectivity index (χ0) is 12.1. The first-order valence-corrected chi connectivity index (χ1v) is 5.85. The Kier molecular flexibility index (Phi) is 3.88. The molecule has 2 aromatic rings. The SMILES string of the molecule is Cc1cccnc1CNC(C)Cn1ccnc1. The van der Waals surface area contributed by atoms with Crippen LogP contribution in [0.15, 0.2) is 37.1 Å². The van der Waals surface area contributed by atoms with E-state index in [9.17, 15) is 0 Å². The summed E-state index contributed by atoms with van der Waals surface area (Å²) in [5.41, 5.74) is 2.35. The Bertz CT molecular complexity index is 450. The van der Waals surface area contributed by atoms with Crippen molar-refractivity contribution in [3.8, 4) is 0 Å². The summed E-state index contributed by atoms with van der Waals surface area (Å²) >= 11 is 0. The lowest BCUT2D eigenvalue weighted by atomic mass is 10.2. The number of rotatable bonds is 5. The quantitative estimate of drug-likeness (QED) is 0.851. The van der Waals surface area contributed by atoms with E-state index in [2.05, 4.69) is 39.8 Å². The van der Waals surface area contributed by atoms with Crippen molar-refractivity contribution in [3.05, 3.63) is 48.3 Å². The van der Waals surface area contributed by atoms with Crippen molar-refractivity contribution in [1.82, 2.24) is 19.9 Å². The van der Waals surface area contributed by atoms with Gasteiger partial charge in [-0.2, -0.15) is 0 Å². The molecule has 0 bridgehead atoms. The predicted octanol–water partition coefficient (Wildman–Crippen LogP) is 1.76. The number of imidazole rings is 1. The van der Waals surface area contributed by atoms with Gasteiger partial charge >= 0.3 is 0 Å². The molecule has 0 fully saturated rings. The molecular formula is C13H18N4. The molecule has 0 radical (unpaired) electrons. The lowest BCUT2D eigenvalue weighted by Crippen LogP contribution is -2.30. The maximum Gasteiger partial charge on any atom is 0.0946 e. The van der Waals surface area contributed by atoms with Crippen LogP contribution >= 0.6 is 0 Å². The molecule has 17 heavy (non-hydrogen) atoms. The van der Waals surface area contributed by atoms with E-state index in [4.69, 9.17) is 0 Å². The number of aryl methyl sites for hydroxylation is 1. The number of pyridine rings is 1. The van der Waals surface area contributed by atoms with Gasteiger partial charge in [0.1, 0.15) is 0 Å². The second-order valence-corrected chi connectivity index (χ2v) is 4.31.